The van der Waals surface area contributed by atoms with Crippen LogP contribution in [0.15, 0.2) is 18.5 Å². The van der Waals surface area contributed by atoms with Gasteiger partial charge in [0.2, 0.25) is 0 Å². The molecular formula is C11H15ClF3N3. The number of alkyl halides is 3. The number of nitrogens with one attached hydrogen (secondary N) is 1. The first-order valence-electron chi connectivity index (χ1n) is 5.48. The minimum absolute atomic E-state index is 0. The molecule has 1 aromatic heterocycles. The first kappa shape index (κ1) is 15.2. The van der Waals surface area contributed by atoms with Crippen LogP contribution in [-0.2, 0) is 6.18 Å². The van der Waals surface area contributed by atoms with E-state index in [-0.39, 0.29) is 18.4 Å². The quantitative estimate of drug-likeness (QED) is 0.903. The molecule has 0 bridgehead atoms. The molecule has 0 unspecified atom stereocenters. The molecule has 1 aliphatic heterocycles. The first-order chi connectivity index (χ1) is 8.02. The van der Waals surface area contributed by atoms with Crippen molar-refractivity contribution in [3.05, 3.63) is 29.6 Å². The van der Waals surface area contributed by atoms with E-state index in [0.29, 0.717) is 5.56 Å². The van der Waals surface area contributed by atoms with E-state index < -0.39 is 11.7 Å². The van der Waals surface area contributed by atoms with Crippen LogP contribution < -0.4 is 5.43 Å². The number of halogens is 4. The molecule has 1 aliphatic rings. The van der Waals surface area contributed by atoms with Crippen LogP contribution in [-0.4, -0.2) is 23.6 Å². The molecule has 0 spiro atoms. The van der Waals surface area contributed by atoms with Crippen molar-refractivity contribution in [3.8, 4) is 0 Å². The fourth-order valence-corrected chi connectivity index (χ4v) is 2.18. The summed E-state index contributed by atoms with van der Waals surface area (Å²) in [4.78, 5) is 3.69. The average molecular weight is 282 g/mol. The Balaban J connectivity index is 0.00000162. The predicted molar refractivity (Wildman–Crippen MR) is 64.2 cm³/mol. The van der Waals surface area contributed by atoms with Gasteiger partial charge in [-0.1, -0.05) is 0 Å². The maximum atomic E-state index is 12.6. The molecule has 0 saturated carbocycles. The van der Waals surface area contributed by atoms with E-state index in [1.165, 1.54) is 12.3 Å². The highest BCUT2D eigenvalue weighted by molar-refractivity contribution is 5.85. The Morgan fingerprint density at radius 1 is 1.39 bits per heavy atom. The summed E-state index contributed by atoms with van der Waals surface area (Å²) in [5, 5.41) is 1.94. The van der Waals surface area contributed by atoms with Crippen molar-refractivity contribution in [3.63, 3.8) is 0 Å². The molecule has 0 aromatic carbocycles. The van der Waals surface area contributed by atoms with Gasteiger partial charge >= 0.3 is 6.18 Å². The molecule has 2 heterocycles. The van der Waals surface area contributed by atoms with Crippen LogP contribution in [0.1, 0.15) is 30.0 Å². The summed E-state index contributed by atoms with van der Waals surface area (Å²) in [5.74, 6) is 0. The molecule has 102 valence electrons. The Morgan fingerprint density at radius 3 is 2.72 bits per heavy atom. The van der Waals surface area contributed by atoms with Gasteiger partial charge in [-0.15, -0.1) is 12.4 Å². The molecule has 2 rings (SSSR count). The van der Waals surface area contributed by atoms with Crippen molar-refractivity contribution in [2.45, 2.75) is 25.1 Å². The molecule has 1 N–H and O–H groups in total. The molecule has 18 heavy (non-hydrogen) atoms. The van der Waals surface area contributed by atoms with Crippen LogP contribution in [0.3, 0.4) is 0 Å². The lowest BCUT2D eigenvalue weighted by Crippen LogP contribution is -2.34. The lowest BCUT2D eigenvalue weighted by Gasteiger charge is -2.23. The van der Waals surface area contributed by atoms with Gasteiger partial charge in [-0.3, -0.25) is 10.4 Å². The fraction of sp³-hybridized carbons (Fsp3) is 0.545. The first-order valence-corrected chi connectivity index (χ1v) is 5.48. The van der Waals surface area contributed by atoms with Gasteiger partial charge in [0.25, 0.3) is 0 Å². The molecule has 0 aliphatic carbocycles. The van der Waals surface area contributed by atoms with E-state index in [0.717, 1.165) is 25.6 Å². The van der Waals surface area contributed by atoms with E-state index >= 15 is 0 Å². The molecule has 0 radical (unpaired) electrons. The topological polar surface area (TPSA) is 28.2 Å². The molecular weight excluding hydrogens is 267 g/mol. The maximum absolute atomic E-state index is 12.6. The van der Waals surface area contributed by atoms with Gasteiger partial charge in [0.05, 0.1) is 11.6 Å². The smallest absolute Gasteiger partial charge is 0.264 e. The van der Waals surface area contributed by atoms with Gasteiger partial charge in [0, 0.05) is 18.9 Å². The van der Waals surface area contributed by atoms with Gasteiger partial charge in [0.1, 0.15) is 0 Å². The number of hydrazine groups is 1. The zero-order valence-corrected chi connectivity index (χ0v) is 10.7. The molecule has 1 saturated heterocycles. The lowest BCUT2D eigenvalue weighted by atomic mass is 10.1. The summed E-state index contributed by atoms with van der Waals surface area (Å²) < 4.78 is 37.7. The van der Waals surface area contributed by atoms with Crippen molar-refractivity contribution in [2.75, 3.05) is 13.6 Å². The second-order valence-electron chi connectivity index (χ2n) is 4.08. The summed E-state index contributed by atoms with van der Waals surface area (Å²) in [5.41, 5.74) is 2.93. The molecule has 1 aromatic rings. The average Bonchev–Trinajstić information content (AvgIpc) is 2.76. The highest BCUT2D eigenvalue weighted by atomic mass is 35.5. The Bertz CT molecular complexity index is 397. The van der Waals surface area contributed by atoms with E-state index in [9.17, 15) is 13.2 Å². The molecule has 7 heteroatoms. The third kappa shape index (κ3) is 3.13. The SMILES string of the molecule is CNN1CCC[C@H]1c1cncc(C(F)(F)F)c1.Cl. The van der Waals surface area contributed by atoms with Crippen molar-refractivity contribution < 1.29 is 13.2 Å². The maximum Gasteiger partial charge on any atom is 0.417 e. The lowest BCUT2D eigenvalue weighted by molar-refractivity contribution is -0.137. The third-order valence-electron chi connectivity index (χ3n) is 3.01. The van der Waals surface area contributed by atoms with Crippen molar-refractivity contribution in [1.29, 1.82) is 0 Å². The van der Waals surface area contributed by atoms with E-state index in [4.69, 9.17) is 0 Å². The number of nitrogens with zero attached hydrogens (tertiary/aromatic N) is 2. The van der Waals surface area contributed by atoms with Crippen LogP contribution in [0.2, 0.25) is 0 Å². The summed E-state index contributed by atoms with van der Waals surface area (Å²) in [6.45, 7) is 0.845. The number of aromatic nitrogens is 1. The summed E-state index contributed by atoms with van der Waals surface area (Å²) in [6, 6.07) is 1.17. The normalized spacial score (nSPS) is 20.8. The molecule has 3 nitrogen and oxygen atoms in total. The molecule has 1 atom stereocenters. The zero-order chi connectivity index (χ0) is 12.5. The predicted octanol–water partition coefficient (Wildman–Crippen LogP) is 2.79. The summed E-state index contributed by atoms with van der Waals surface area (Å²) in [6.07, 6.45) is -0.130. The van der Waals surface area contributed by atoms with Crippen LogP contribution in [0, 0.1) is 0 Å². The van der Waals surface area contributed by atoms with Crippen molar-refractivity contribution in [2.24, 2.45) is 0 Å². The standard InChI is InChI=1S/C11H14F3N3.ClH/c1-15-17-4-2-3-10(17)8-5-9(7-16-6-8)11(12,13)14;/h5-7,10,15H,2-4H2,1H3;1H/t10-;/m0./s1. The van der Waals surface area contributed by atoms with Crippen LogP contribution in [0.4, 0.5) is 13.2 Å². The highest BCUT2D eigenvalue weighted by Crippen LogP contribution is 2.34. The van der Waals surface area contributed by atoms with Crippen LogP contribution in [0.25, 0.3) is 0 Å². The van der Waals surface area contributed by atoms with Crippen LogP contribution >= 0.6 is 12.4 Å². The number of hydrogen-bond donors (Lipinski definition) is 1. The zero-order valence-electron chi connectivity index (χ0n) is 9.87. The minimum atomic E-state index is -4.33. The van der Waals surface area contributed by atoms with Gasteiger partial charge in [0.15, 0.2) is 0 Å². The van der Waals surface area contributed by atoms with E-state index in [2.05, 4.69) is 10.4 Å². The second kappa shape index (κ2) is 5.86. The van der Waals surface area contributed by atoms with Crippen LogP contribution in [0.5, 0.6) is 0 Å². The summed E-state index contributed by atoms with van der Waals surface area (Å²) >= 11 is 0. The Kier molecular flexibility index (Phi) is 4.95. The number of hydrogen-bond acceptors (Lipinski definition) is 3. The number of rotatable bonds is 2. The Hall–Kier alpha value is -0.850. The summed E-state index contributed by atoms with van der Waals surface area (Å²) in [7, 11) is 1.78. The van der Waals surface area contributed by atoms with Gasteiger partial charge < -0.3 is 0 Å². The number of pyridine rings is 1. The van der Waals surface area contributed by atoms with Crippen molar-refractivity contribution in [1.82, 2.24) is 15.4 Å². The molecule has 0 amide bonds. The fourth-order valence-electron chi connectivity index (χ4n) is 2.18. The Labute approximate surface area is 110 Å². The third-order valence-corrected chi connectivity index (χ3v) is 3.01. The largest absolute Gasteiger partial charge is 0.417 e. The highest BCUT2D eigenvalue weighted by Gasteiger charge is 2.33. The monoisotopic (exact) mass is 281 g/mol. The van der Waals surface area contributed by atoms with E-state index in [1.807, 2.05) is 5.01 Å². The van der Waals surface area contributed by atoms with Crippen molar-refractivity contribution >= 4 is 12.4 Å². The minimum Gasteiger partial charge on any atom is -0.264 e. The van der Waals surface area contributed by atoms with E-state index in [1.54, 1.807) is 7.05 Å². The van der Waals surface area contributed by atoms with Gasteiger partial charge in [-0.2, -0.15) is 13.2 Å². The molecule has 1 fully saturated rings. The van der Waals surface area contributed by atoms with Gasteiger partial charge in [-0.25, -0.2) is 5.01 Å². The Morgan fingerprint density at radius 2 is 2.11 bits per heavy atom. The van der Waals surface area contributed by atoms with Gasteiger partial charge in [-0.05, 0) is 31.5 Å². The second-order valence-corrected chi connectivity index (χ2v) is 4.08.